The SMILES string of the molecule is CC(C)(C)c1ccc(N2c3cccc4c3B(c3ccc5c(c32)Oc2ccccc2O5)c2sc3c(ccc5oc6ccccc6c53)c2N4c2ccc(C(C)(C)C)cc2)cc1. The lowest BCUT2D eigenvalue weighted by Gasteiger charge is -2.44. The second-order valence-electron chi connectivity index (χ2n) is 18.1. The third-order valence-corrected chi connectivity index (χ3v) is 13.7. The van der Waals surface area contributed by atoms with E-state index in [4.69, 9.17) is 13.9 Å². The maximum absolute atomic E-state index is 6.95. The lowest BCUT2D eigenvalue weighted by atomic mass is 9.36. The number of hydrogen-bond donors (Lipinski definition) is 0. The van der Waals surface area contributed by atoms with Crippen LogP contribution in [0.25, 0.3) is 32.0 Å². The van der Waals surface area contributed by atoms with E-state index >= 15 is 0 Å². The van der Waals surface area contributed by atoms with E-state index in [1.54, 1.807) is 0 Å². The van der Waals surface area contributed by atoms with Crippen LogP contribution in [-0.4, -0.2) is 6.71 Å². The Morgan fingerprint density at radius 1 is 0.508 bits per heavy atom. The zero-order valence-electron chi connectivity index (χ0n) is 33.9. The van der Waals surface area contributed by atoms with Crippen molar-refractivity contribution >= 4 is 99.9 Å². The molecule has 5 nitrogen and oxygen atoms in total. The van der Waals surface area contributed by atoms with Crippen LogP contribution in [0.1, 0.15) is 52.7 Å². The summed E-state index contributed by atoms with van der Waals surface area (Å²) < 4.78 is 22.6. The number of thiophene rings is 1. The van der Waals surface area contributed by atoms with Crippen molar-refractivity contribution in [3.63, 3.8) is 0 Å². The molecule has 3 aliphatic heterocycles. The van der Waals surface area contributed by atoms with Crippen molar-refractivity contribution in [2.45, 2.75) is 52.4 Å². The fraction of sp³-hybridized carbons (Fsp3) is 0.154. The molecule has 0 saturated carbocycles. The van der Waals surface area contributed by atoms with Gasteiger partial charge in [0.05, 0.1) is 11.4 Å². The summed E-state index contributed by atoms with van der Waals surface area (Å²) in [6.07, 6.45) is 0. The van der Waals surface area contributed by atoms with Crippen LogP contribution in [-0.2, 0) is 10.8 Å². The van der Waals surface area contributed by atoms with Crippen molar-refractivity contribution in [1.82, 2.24) is 0 Å². The van der Waals surface area contributed by atoms with Crippen LogP contribution in [0, 0.1) is 0 Å². The summed E-state index contributed by atoms with van der Waals surface area (Å²) in [4.78, 5) is 4.93. The molecule has 7 heteroatoms. The molecule has 7 aromatic carbocycles. The van der Waals surface area contributed by atoms with E-state index in [9.17, 15) is 0 Å². The van der Waals surface area contributed by atoms with Crippen molar-refractivity contribution < 1.29 is 13.9 Å². The summed E-state index contributed by atoms with van der Waals surface area (Å²) in [6.45, 7) is 13.5. The van der Waals surface area contributed by atoms with Gasteiger partial charge in [-0.2, -0.15) is 0 Å². The fourth-order valence-corrected chi connectivity index (χ4v) is 11.0. The second-order valence-corrected chi connectivity index (χ2v) is 19.2. The number of hydrogen-bond acceptors (Lipinski definition) is 6. The lowest BCUT2D eigenvalue weighted by Crippen LogP contribution is -2.60. The van der Waals surface area contributed by atoms with E-state index in [1.165, 1.54) is 53.7 Å². The zero-order chi connectivity index (χ0) is 39.9. The van der Waals surface area contributed by atoms with E-state index in [1.807, 2.05) is 35.6 Å². The molecule has 5 heterocycles. The molecule has 0 saturated heterocycles. The third kappa shape index (κ3) is 4.98. The van der Waals surface area contributed by atoms with E-state index in [0.29, 0.717) is 17.2 Å². The summed E-state index contributed by atoms with van der Waals surface area (Å²) in [6, 6.07) is 50.2. The molecule has 0 spiro atoms. The number of anilines is 6. The van der Waals surface area contributed by atoms with E-state index < -0.39 is 0 Å². The summed E-state index contributed by atoms with van der Waals surface area (Å²) in [5, 5.41) is 3.52. The molecule has 0 aliphatic carbocycles. The van der Waals surface area contributed by atoms with Crippen LogP contribution in [0.2, 0.25) is 0 Å². The molecule has 0 amide bonds. The van der Waals surface area contributed by atoms with Gasteiger partial charge in [-0.25, -0.2) is 0 Å². The van der Waals surface area contributed by atoms with Gasteiger partial charge in [-0.05, 0) is 106 Å². The number of rotatable bonds is 2. The Kier molecular flexibility index (Phi) is 7.07. The van der Waals surface area contributed by atoms with Crippen molar-refractivity contribution in [3.8, 4) is 23.0 Å². The second kappa shape index (κ2) is 12.1. The van der Waals surface area contributed by atoms with Gasteiger partial charge in [-0.1, -0.05) is 108 Å². The summed E-state index contributed by atoms with van der Waals surface area (Å²) >= 11 is 1.89. The Labute approximate surface area is 348 Å². The molecule has 0 radical (unpaired) electrons. The van der Waals surface area contributed by atoms with Gasteiger partial charge in [0, 0.05) is 48.4 Å². The van der Waals surface area contributed by atoms with Crippen molar-refractivity contribution in [2.75, 3.05) is 9.80 Å². The van der Waals surface area contributed by atoms with Gasteiger partial charge in [0.15, 0.2) is 23.0 Å². The first-order valence-corrected chi connectivity index (χ1v) is 21.3. The van der Waals surface area contributed by atoms with Crippen LogP contribution in [0.3, 0.4) is 0 Å². The molecule has 0 N–H and O–H groups in total. The van der Waals surface area contributed by atoms with Gasteiger partial charge in [-0.15, -0.1) is 11.3 Å². The van der Waals surface area contributed by atoms with Crippen LogP contribution in [0.5, 0.6) is 23.0 Å². The molecule has 286 valence electrons. The molecule has 9 aromatic rings. The highest BCUT2D eigenvalue weighted by molar-refractivity contribution is 7.34. The maximum Gasteiger partial charge on any atom is 0.264 e. The van der Waals surface area contributed by atoms with E-state index in [0.717, 1.165) is 45.1 Å². The largest absolute Gasteiger partial charge is 0.456 e. The van der Waals surface area contributed by atoms with Crippen molar-refractivity contribution in [3.05, 3.63) is 151 Å². The summed E-state index contributed by atoms with van der Waals surface area (Å²) in [5.41, 5.74) is 13.6. The first-order chi connectivity index (χ1) is 28.5. The zero-order valence-corrected chi connectivity index (χ0v) is 34.7. The molecule has 0 bridgehead atoms. The van der Waals surface area contributed by atoms with Gasteiger partial charge in [0.25, 0.3) is 6.71 Å². The van der Waals surface area contributed by atoms with Crippen LogP contribution in [0.15, 0.2) is 144 Å². The van der Waals surface area contributed by atoms with E-state index in [2.05, 4.69) is 167 Å². The molecule has 3 aliphatic rings. The molecular weight excluding hydrogens is 743 g/mol. The van der Waals surface area contributed by atoms with Crippen LogP contribution < -0.4 is 35.0 Å². The Balaban J connectivity index is 1.18. The molecule has 2 aromatic heterocycles. The van der Waals surface area contributed by atoms with Crippen LogP contribution in [0.4, 0.5) is 34.1 Å². The molecule has 0 atom stereocenters. The average Bonchev–Trinajstić information content (AvgIpc) is 3.81. The third-order valence-electron chi connectivity index (χ3n) is 12.4. The van der Waals surface area contributed by atoms with Gasteiger partial charge in [0.1, 0.15) is 11.2 Å². The Morgan fingerprint density at radius 3 is 1.78 bits per heavy atom. The predicted octanol–water partition coefficient (Wildman–Crippen LogP) is 13.4. The quantitative estimate of drug-likeness (QED) is 0.163. The van der Waals surface area contributed by atoms with Gasteiger partial charge >= 0.3 is 0 Å². The standard InChI is InChI=1S/C52H41BN2O3S/c1-51(2,3)30-18-22-32(23-19-30)54-37-13-11-14-38-45(37)53(50-46(54)35-26-28-42-44(49(35)59-50)34-12-7-8-15-39(34)56-42)36-27-29-43-48(58-41-17-10-9-16-40(41)57-43)47(36)55(38)33-24-20-31(21-25-33)52(4,5)6/h7-29H,1-6H3. The summed E-state index contributed by atoms with van der Waals surface area (Å²) in [5.74, 6) is 2.86. The number of furan rings is 1. The fourth-order valence-electron chi connectivity index (χ4n) is 9.51. The van der Waals surface area contributed by atoms with Crippen molar-refractivity contribution in [2.24, 2.45) is 0 Å². The highest BCUT2D eigenvalue weighted by Gasteiger charge is 2.47. The number of nitrogens with zero attached hydrogens (tertiary/aromatic N) is 2. The molecule has 59 heavy (non-hydrogen) atoms. The molecular formula is C52H41BN2O3S. The highest BCUT2D eigenvalue weighted by Crippen LogP contribution is 2.55. The normalized spacial score (nSPS) is 14.1. The number of para-hydroxylation sites is 3. The minimum atomic E-state index is -0.0851. The molecule has 12 rings (SSSR count). The molecule has 0 fully saturated rings. The van der Waals surface area contributed by atoms with E-state index in [-0.39, 0.29) is 17.5 Å². The van der Waals surface area contributed by atoms with Crippen molar-refractivity contribution in [1.29, 1.82) is 0 Å². The Hall–Kier alpha value is -6.44. The Bertz CT molecular complexity index is 3200. The first-order valence-electron chi connectivity index (χ1n) is 20.5. The Morgan fingerprint density at radius 2 is 1.12 bits per heavy atom. The molecule has 0 unspecified atom stereocenters. The number of fused-ring (bicyclic) bond motifs is 13. The smallest absolute Gasteiger partial charge is 0.264 e. The van der Waals surface area contributed by atoms with Gasteiger partial charge in [-0.3, -0.25) is 0 Å². The highest BCUT2D eigenvalue weighted by atomic mass is 32.1. The average molecular weight is 785 g/mol. The number of benzene rings is 7. The topological polar surface area (TPSA) is 38.1 Å². The maximum atomic E-state index is 6.95. The minimum Gasteiger partial charge on any atom is -0.456 e. The van der Waals surface area contributed by atoms with Crippen LogP contribution >= 0.6 is 11.3 Å². The van der Waals surface area contributed by atoms with Gasteiger partial charge in [0.2, 0.25) is 0 Å². The summed E-state index contributed by atoms with van der Waals surface area (Å²) in [7, 11) is 0. The first kappa shape index (κ1) is 34.6. The number of ether oxygens (including phenoxy) is 2. The van der Waals surface area contributed by atoms with Gasteiger partial charge < -0.3 is 23.7 Å². The monoisotopic (exact) mass is 784 g/mol. The minimum absolute atomic E-state index is 0.0154. The predicted molar refractivity (Wildman–Crippen MR) is 247 cm³/mol. The lowest BCUT2D eigenvalue weighted by molar-refractivity contribution is 0.361.